The van der Waals surface area contributed by atoms with Gasteiger partial charge < -0.3 is 19.5 Å². The normalized spacial score (nSPS) is 9.82. The van der Waals surface area contributed by atoms with E-state index in [-0.39, 0.29) is 0 Å². The number of ether oxygens (including phenoxy) is 3. The number of hydrogen-bond donors (Lipinski definition) is 1. The average molecular weight is 176 g/mol. The van der Waals surface area contributed by atoms with E-state index < -0.39 is 12.6 Å². The van der Waals surface area contributed by atoms with Crippen molar-refractivity contribution in [2.24, 2.45) is 0 Å². The smallest absolute Gasteiger partial charge is 0.394 e. The van der Waals surface area contributed by atoms with Crippen LogP contribution < -0.4 is 5.32 Å². The van der Waals surface area contributed by atoms with E-state index in [0.717, 1.165) is 0 Å². The minimum Gasteiger partial charge on any atom is -0.394 e. The van der Waals surface area contributed by atoms with Crippen molar-refractivity contribution in [3.8, 4) is 0 Å². The molecule has 0 spiro atoms. The third-order valence-corrected chi connectivity index (χ3v) is 0.998. The number of carbonyl (C=O) groups excluding carboxylic acids is 1. The topological polar surface area (TPSA) is 56.8 Å². The molecule has 63 valence electrons. The number of hydrogen-bond acceptors (Lipinski definition) is 4. The van der Waals surface area contributed by atoms with Crippen LogP contribution in [0.3, 0.4) is 0 Å². The molecule has 3 radical (unpaired) electrons. The fourth-order valence-corrected chi connectivity index (χ4v) is 0.538. The van der Waals surface area contributed by atoms with E-state index >= 15 is 0 Å². The molecular weight excluding hydrogens is 166 g/mol. The molecule has 0 atom stereocenters. The Kier molecular flexibility index (Phi) is 5.81. The minimum atomic E-state index is -0.951. The summed E-state index contributed by atoms with van der Waals surface area (Å²) in [5, 5.41) is 2.34. The van der Waals surface area contributed by atoms with Crippen LogP contribution in [0.4, 0.5) is 4.79 Å². The fourth-order valence-electron chi connectivity index (χ4n) is 0.394. The number of methoxy groups -OCH3 is 2. The van der Waals surface area contributed by atoms with Crippen LogP contribution in [0.1, 0.15) is 0 Å². The van der Waals surface area contributed by atoms with Crippen LogP contribution in [0.5, 0.6) is 0 Å². The monoisotopic (exact) mass is 176 g/mol. The lowest BCUT2D eigenvalue weighted by molar-refractivity contribution is -0.234. The summed E-state index contributed by atoms with van der Waals surface area (Å²) in [6.07, 6.45) is -0.285. The van der Waals surface area contributed by atoms with Gasteiger partial charge in [-0.15, -0.1) is 0 Å². The number of rotatable bonds is 4. The molecular formula is C5H10NO4Si. The second-order valence-corrected chi connectivity index (χ2v) is 1.87. The van der Waals surface area contributed by atoms with Gasteiger partial charge in [0.25, 0.3) is 0 Å². The highest BCUT2D eigenvalue weighted by molar-refractivity contribution is 6.09. The van der Waals surface area contributed by atoms with Crippen molar-refractivity contribution in [2.45, 2.75) is 6.48 Å². The van der Waals surface area contributed by atoms with Gasteiger partial charge in [0.2, 0.25) is 0 Å². The number of alkyl carbamates (subject to hydrolysis) is 1. The maximum Gasteiger partial charge on any atom is 0.410 e. The van der Waals surface area contributed by atoms with E-state index in [1.165, 1.54) is 14.2 Å². The largest absolute Gasteiger partial charge is 0.410 e. The first-order valence-electron chi connectivity index (χ1n) is 2.89. The predicted octanol–water partition coefficient (Wildman–Crippen LogP) is -0.585. The van der Waals surface area contributed by atoms with Gasteiger partial charge in [-0.05, 0) is 0 Å². The van der Waals surface area contributed by atoms with Crippen LogP contribution in [-0.2, 0) is 14.2 Å². The quantitative estimate of drug-likeness (QED) is 0.459. The summed E-state index contributed by atoms with van der Waals surface area (Å²) in [6, 6.07) is 0. The molecule has 6 heteroatoms. The Morgan fingerprint density at radius 2 is 2.09 bits per heavy atom. The van der Waals surface area contributed by atoms with Gasteiger partial charge >= 0.3 is 12.6 Å². The predicted molar refractivity (Wildman–Crippen MR) is 38.0 cm³/mol. The molecule has 1 N–H and O–H groups in total. The van der Waals surface area contributed by atoms with Gasteiger partial charge in [0.15, 0.2) is 0 Å². The number of carbonyl (C=O) groups is 1. The van der Waals surface area contributed by atoms with Crippen molar-refractivity contribution < 1.29 is 19.0 Å². The van der Waals surface area contributed by atoms with E-state index in [2.05, 4.69) is 29.8 Å². The molecule has 0 heterocycles. The fraction of sp³-hybridized carbons (Fsp3) is 0.800. The van der Waals surface area contributed by atoms with Gasteiger partial charge in [-0.3, -0.25) is 0 Å². The van der Waals surface area contributed by atoms with E-state index in [1.54, 1.807) is 0 Å². The Hall–Kier alpha value is -0.593. The molecule has 11 heavy (non-hydrogen) atoms. The third-order valence-electron chi connectivity index (χ3n) is 0.821. The van der Waals surface area contributed by atoms with Crippen LogP contribution in [-0.4, -0.2) is 43.2 Å². The Morgan fingerprint density at radius 1 is 1.55 bits per heavy atom. The average Bonchev–Trinajstić information content (AvgIpc) is 2.01. The second kappa shape index (κ2) is 6.14. The summed E-state index contributed by atoms with van der Waals surface area (Å²) < 4.78 is 13.8. The maximum absolute atomic E-state index is 10.6. The van der Waals surface area contributed by atoms with Crippen LogP contribution in [0.2, 0.25) is 0 Å². The Balaban J connectivity index is 3.54. The molecule has 0 fully saturated rings. The van der Waals surface area contributed by atoms with Gasteiger partial charge in [0.05, 0.1) is 10.2 Å². The van der Waals surface area contributed by atoms with Gasteiger partial charge in [-0.1, -0.05) is 0 Å². The highest BCUT2D eigenvalue weighted by atomic mass is 28.1. The van der Waals surface area contributed by atoms with Gasteiger partial charge in [0, 0.05) is 20.4 Å². The van der Waals surface area contributed by atoms with Crippen molar-refractivity contribution in [3.63, 3.8) is 0 Å². The molecule has 0 saturated heterocycles. The molecule has 5 nitrogen and oxygen atoms in total. The third kappa shape index (κ3) is 4.77. The van der Waals surface area contributed by atoms with E-state index in [4.69, 9.17) is 0 Å². The standard InChI is InChI=1S/C5H10NO4Si/c1-8-5(9-2)10-4(7)6-3-11/h5H,3H2,1-2H3,(H,6,7). The van der Waals surface area contributed by atoms with Gasteiger partial charge in [-0.2, -0.15) is 0 Å². The molecule has 0 aromatic heterocycles. The summed E-state index contributed by atoms with van der Waals surface area (Å²) in [7, 11) is 5.78. The summed E-state index contributed by atoms with van der Waals surface area (Å²) in [4.78, 5) is 10.6. The molecule has 0 bridgehead atoms. The molecule has 0 aliphatic carbocycles. The SMILES string of the molecule is COC(OC)OC(=O)NC[Si]. The zero-order valence-corrected chi connectivity index (χ0v) is 7.42. The molecule has 0 saturated carbocycles. The maximum atomic E-state index is 10.6. The number of nitrogens with one attached hydrogen (secondary N) is 1. The van der Waals surface area contributed by atoms with Crippen molar-refractivity contribution in [1.29, 1.82) is 0 Å². The van der Waals surface area contributed by atoms with Crippen molar-refractivity contribution >= 4 is 16.3 Å². The minimum absolute atomic E-state index is 0.318. The molecule has 0 aromatic carbocycles. The molecule has 0 aliphatic rings. The molecule has 0 rings (SSSR count). The van der Waals surface area contributed by atoms with Gasteiger partial charge in [0.1, 0.15) is 0 Å². The van der Waals surface area contributed by atoms with E-state index in [1.807, 2.05) is 0 Å². The van der Waals surface area contributed by atoms with Crippen LogP contribution in [0, 0.1) is 0 Å². The van der Waals surface area contributed by atoms with Crippen LogP contribution >= 0.6 is 0 Å². The first-order valence-corrected chi connectivity index (χ1v) is 3.60. The summed E-state index contributed by atoms with van der Waals surface area (Å²) in [5.74, 6) is 0. The Morgan fingerprint density at radius 3 is 2.45 bits per heavy atom. The lowest BCUT2D eigenvalue weighted by Crippen LogP contribution is -2.31. The van der Waals surface area contributed by atoms with Crippen molar-refractivity contribution in [3.05, 3.63) is 0 Å². The first-order chi connectivity index (χ1) is 5.24. The highest BCUT2D eigenvalue weighted by Gasteiger charge is 2.09. The molecule has 0 aliphatic heterocycles. The molecule has 1 amide bonds. The van der Waals surface area contributed by atoms with E-state index in [9.17, 15) is 4.79 Å². The lowest BCUT2D eigenvalue weighted by Gasteiger charge is -2.13. The van der Waals surface area contributed by atoms with Crippen molar-refractivity contribution in [2.75, 3.05) is 20.4 Å². The zero-order valence-electron chi connectivity index (χ0n) is 6.42. The summed E-state index contributed by atoms with van der Waals surface area (Å²) in [6.45, 7) is -0.951. The van der Waals surface area contributed by atoms with E-state index in [0.29, 0.717) is 6.17 Å². The van der Waals surface area contributed by atoms with Crippen LogP contribution in [0.15, 0.2) is 0 Å². The Bertz CT molecular complexity index is 117. The highest BCUT2D eigenvalue weighted by Crippen LogP contribution is 1.92. The van der Waals surface area contributed by atoms with Gasteiger partial charge in [-0.25, -0.2) is 4.79 Å². The lowest BCUT2D eigenvalue weighted by atomic mass is 11.0. The molecule has 0 unspecified atom stereocenters. The summed E-state index contributed by atoms with van der Waals surface area (Å²) in [5.41, 5.74) is 0. The van der Waals surface area contributed by atoms with Crippen LogP contribution in [0.25, 0.3) is 0 Å². The second-order valence-electron chi connectivity index (χ2n) is 1.52. The molecule has 0 aromatic rings. The number of amides is 1. The zero-order chi connectivity index (χ0) is 8.69. The summed E-state index contributed by atoms with van der Waals surface area (Å²) >= 11 is 0. The first kappa shape index (κ1) is 10.4. The van der Waals surface area contributed by atoms with Crippen molar-refractivity contribution in [1.82, 2.24) is 5.32 Å². The Labute approximate surface area is 68.4 Å².